The van der Waals surface area contributed by atoms with Crippen LogP contribution in [0, 0.1) is 11.8 Å². The van der Waals surface area contributed by atoms with Gasteiger partial charge in [-0.25, -0.2) is 8.78 Å². The fourth-order valence-electron chi connectivity index (χ4n) is 3.79. The molecule has 1 heterocycles. The van der Waals surface area contributed by atoms with Crippen molar-refractivity contribution in [1.29, 1.82) is 0 Å². The third kappa shape index (κ3) is 3.05. The maximum absolute atomic E-state index is 13.3. The van der Waals surface area contributed by atoms with Crippen molar-refractivity contribution in [3.05, 3.63) is 47.3 Å². The number of halogens is 2. The Hall–Kier alpha value is -2.24. The van der Waals surface area contributed by atoms with Crippen LogP contribution in [0.2, 0.25) is 0 Å². The molecule has 1 aromatic heterocycles. The zero-order valence-corrected chi connectivity index (χ0v) is 14.1. The summed E-state index contributed by atoms with van der Waals surface area (Å²) in [6, 6.07) is 7.71. The van der Waals surface area contributed by atoms with Gasteiger partial charge in [0.2, 0.25) is 0 Å². The van der Waals surface area contributed by atoms with E-state index in [4.69, 9.17) is 0 Å². The SMILES string of the molecule is CCn1ncc(C(=O)Nc2ccccc2C2CC2C2CC2)c1C(F)F. The van der Waals surface area contributed by atoms with Gasteiger partial charge in [0.05, 0.1) is 11.8 Å². The highest BCUT2D eigenvalue weighted by molar-refractivity contribution is 6.05. The normalized spacial score (nSPS) is 22.2. The van der Waals surface area contributed by atoms with Crippen molar-refractivity contribution >= 4 is 11.6 Å². The Kier molecular flexibility index (Phi) is 4.06. The van der Waals surface area contributed by atoms with Crippen LogP contribution in [0.25, 0.3) is 0 Å². The summed E-state index contributed by atoms with van der Waals surface area (Å²) in [6.07, 6.45) is 2.27. The molecule has 0 saturated heterocycles. The molecule has 132 valence electrons. The molecule has 2 aliphatic rings. The molecule has 0 radical (unpaired) electrons. The van der Waals surface area contributed by atoms with Crippen molar-refractivity contribution in [2.45, 2.75) is 45.1 Å². The first kappa shape index (κ1) is 16.2. The molecule has 1 amide bonds. The van der Waals surface area contributed by atoms with Crippen LogP contribution in [0.3, 0.4) is 0 Å². The van der Waals surface area contributed by atoms with E-state index < -0.39 is 12.3 Å². The summed E-state index contributed by atoms with van der Waals surface area (Å²) in [4.78, 5) is 12.6. The molecule has 0 bridgehead atoms. The van der Waals surface area contributed by atoms with Crippen LogP contribution in [-0.2, 0) is 6.54 Å². The van der Waals surface area contributed by atoms with Crippen molar-refractivity contribution < 1.29 is 13.6 Å². The summed E-state index contributed by atoms with van der Waals surface area (Å²) in [5, 5.41) is 6.74. The number of rotatable bonds is 6. The van der Waals surface area contributed by atoms with E-state index in [9.17, 15) is 13.6 Å². The molecule has 2 aromatic rings. The predicted molar refractivity (Wildman–Crippen MR) is 90.8 cm³/mol. The first-order valence-corrected chi connectivity index (χ1v) is 8.84. The van der Waals surface area contributed by atoms with Gasteiger partial charge in [-0.2, -0.15) is 5.10 Å². The molecule has 4 rings (SSSR count). The largest absolute Gasteiger partial charge is 0.322 e. The molecule has 2 unspecified atom stereocenters. The van der Waals surface area contributed by atoms with Gasteiger partial charge < -0.3 is 5.32 Å². The number of carbonyl (C=O) groups excluding carboxylic acids is 1. The highest BCUT2D eigenvalue weighted by atomic mass is 19.3. The lowest BCUT2D eigenvalue weighted by molar-refractivity contribution is 0.100. The number of benzene rings is 1. The van der Waals surface area contributed by atoms with E-state index in [1.807, 2.05) is 24.3 Å². The number of hydrogen-bond acceptors (Lipinski definition) is 2. The second-order valence-corrected chi connectivity index (χ2v) is 6.94. The van der Waals surface area contributed by atoms with Crippen LogP contribution in [0.4, 0.5) is 14.5 Å². The zero-order chi connectivity index (χ0) is 17.6. The van der Waals surface area contributed by atoms with E-state index in [1.165, 1.54) is 23.7 Å². The minimum Gasteiger partial charge on any atom is -0.322 e. The van der Waals surface area contributed by atoms with Crippen molar-refractivity contribution in [2.75, 3.05) is 5.32 Å². The third-order valence-corrected chi connectivity index (χ3v) is 5.31. The van der Waals surface area contributed by atoms with Crippen molar-refractivity contribution in [2.24, 2.45) is 11.8 Å². The summed E-state index contributed by atoms with van der Waals surface area (Å²) in [6.45, 7) is 2.02. The Labute approximate surface area is 145 Å². The van der Waals surface area contributed by atoms with Gasteiger partial charge in [-0.05, 0) is 55.6 Å². The summed E-state index contributed by atoms with van der Waals surface area (Å²) in [7, 11) is 0. The quantitative estimate of drug-likeness (QED) is 0.831. The topological polar surface area (TPSA) is 46.9 Å². The lowest BCUT2D eigenvalue weighted by atomic mass is 10.0. The van der Waals surface area contributed by atoms with Gasteiger partial charge in [0, 0.05) is 12.2 Å². The Morgan fingerprint density at radius 3 is 2.80 bits per heavy atom. The molecule has 1 N–H and O–H groups in total. The second-order valence-electron chi connectivity index (χ2n) is 6.94. The van der Waals surface area contributed by atoms with E-state index in [0.717, 1.165) is 29.5 Å². The average molecular weight is 345 g/mol. The Bertz CT molecular complexity index is 798. The summed E-state index contributed by atoms with van der Waals surface area (Å²) in [5.41, 5.74) is 1.47. The number of nitrogens with zero attached hydrogens (tertiary/aromatic N) is 2. The summed E-state index contributed by atoms with van der Waals surface area (Å²) in [5.74, 6) is 1.52. The Morgan fingerprint density at radius 1 is 1.36 bits per heavy atom. The molecule has 6 heteroatoms. The van der Waals surface area contributed by atoms with E-state index in [0.29, 0.717) is 12.5 Å². The van der Waals surface area contributed by atoms with Crippen LogP contribution in [0.15, 0.2) is 30.5 Å². The van der Waals surface area contributed by atoms with Gasteiger partial charge in [0.15, 0.2) is 0 Å². The van der Waals surface area contributed by atoms with E-state index in [2.05, 4.69) is 10.4 Å². The first-order chi connectivity index (χ1) is 12.1. The summed E-state index contributed by atoms with van der Waals surface area (Å²) >= 11 is 0. The number of amides is 1. The maximum atomic E-state index is 13.3. The van der Waals surface area contributed by atoms with E-state index >= 15 is 0 Å². The maximum Gasteiger partial charge on any atom is 0.280 e. The van der Waals surface area contributed by atoms with Gasteiger partial charge in [0.25, 0.3) is 12.3 Å². The lowest BCUT2D eigenvalue weighted by Crippen LogP contribution is -2.16. The fourth-order valence-corrected chi connectivity index (χ4v) is 3.79. The summed E-state index contributed by atoms with van der Waals surface area (Å²) < 4.78 is 27.8. The molecule has 2 atom stereocenters. The minimum atomic E-state index is -2.74. The van der Waals surface area contributed by atoms with Crippen molar-refractivity contribution in [1.82, 2.24) is 9.78 Å². The van der Waals surface area contributed by atoms with Gasteiger partial charge in [-0.1, -0.05) is 18.2 Å². The number of nitrogens with one attached hydrogen (secondary N) is 1. The number of hydrogen-bond donors (Lipinski definition) is 1. The van der Waals surface area contributed by atoms with Crippen LogP contribution < -0.4 is 5.32 Å². The minimum absolute atomic E-state index is 0.0545. The lowest BCUT2D eigenvalue weighted by Gasteiger charge is -2.12. The van der Waals surface area contributed by atoms with Crippen LogP contribution >= 0.6 is 0 Å². The van der Waals surface area contributed by atoms with Gasteiger partial charge in [-0.3, -0.25) is 9.48 Å². The molecule has 2 saturated carbocycles. The van der Waals surface area contributed by atoms with E-state index in [-0.39, 0.29) is 11.3 Å². The highest BCUT2D eigenvalue weighted by Crippen LogP contribution is 2.60. The number of para-hydroxylation sites is 1. The molecule has 25 heavy (non-hydrogen) atoms. The van der Waals surface area contributed by atoms with Gasteiger partial charge >= 0.3 is 0 Å². The Morgan fingerprint density at radius 2 is 2.12 bits per heavy atom. The van der Waals surface area contributed by atoms with Crippen LogP contribution in [0.1, 0.15) is 60.1 Å². The van der Waals surface area contributed by atoms with E-state index in [1.54, 1.807) is 6.92 Å². The molecule has 2 aliphatic carbocycles. The number of alkyl halides is 2. The van der Waals surface area contributed by atoms with Gasteiger partial charge in [-0.15, -0.1) is 0 Å². The third-order valence-electron chi connectivity index (χ3n) is 5.31. The van der Waals surface area contributed by atoms with Gasteiger partial charge in [0.1, 0.15) is 5.69 Å². The van der Waals surface area contributed by atoms with Crippen molar-refractivity contribution in [3.8, 4) is 0 Å². The monoisotopic (exact) mass is 345 g/mol. The highest BCUT2D eigenvalue weighted by Gasteiger charge is 2.48. The number of anilines is 1. The van der Waals surface area contributed by atoms with Crippen LogP contribution in [-0.4, -0.2) is 15.7 Å². The number of carbonyl (C=O) groups is 1. The molecule has 2 fully saturated rings. The second kappa shape index (κ2) is 6.24. The fraction of sp³-hybridized carbons (Fsp3) is 0.474. The Balaban J connectivity index is 1.57. The molecular weight excluding hydrogens is 324 g/mol. The molecular formula is C19H21F2N3O. The smallest absolute Gasteiger partial charge is 0.280 e. The zero-order valence-electron chi connectivity index (χ0n) is 14.1. The number of aromatic nitrogens is 2. The molecule has 4 nitrogen and oxygen atoms in total. The molecule has 0 aliphatic heterocycles. The van der Waals surface area contributed by atoms with Crippen molar-refractivity contribution in [3.63, 3.8) is 0 Å². The first-order valence-electron chi connectivity index (χ1n) is 8.84. The molecule has 0 spiro atoms. The van der Waals surface area contributed by atoms with Crippen LogP contribution in [0.5, 0.6) is 0 Å². The standard InChI is InChI=1S/C19H21F2N3O/c1-2-24-17(18(20)21)15(10-22-24)19(25)23-16-6-4-3-5-12(16)14-9-13(14)11-7-8-11/h3-6,10-11,13-14,18H,2,7-9H2,1H3,(H,23,25). The predicted octanol–water partition coefficient (Wildman–Crippen LogP) is 4.61. The molecule has 1 aromatic carbocycles. The number of aryl methyl sites for hydroxylation is 1. The average Bonchev–Trinajstić information content (AvgIpc) is 3.50.